The van der Waals surface area contributed by atoms with Crippen molar-refractivity contribution in [1.82, 2.24) is 4.90 Å². The van der Waals surface area contributed by atoms with Gasteiger partial charge in [0.05, 0.1) is 11.5 Å². The lowest BCUT2D eigenvalue weighted by atomic mass is 10.1. The third-order valence-corrected chi connectivity index (χ3v) is 6.52. The van der Waals surface area contributed by atoms with E-state index in [0.29, 0.717) is 17.0 Å². The number of nitrogens with zero attached hydrogens (tertiary/aromatic N) is 1. The maximum Gasteiger partial charge on any atom is 0.247 e. The van der Waals surface area contributed by atoms with E-state index < -0.39 is 21.7 Å². The van der Waals surface area contributed by atoms with Crippen molar-refractivity contribution in [1.29, 1.82) is 0 Å². The van der Waals surface area contributed by atoms with Crippen molar-refractivity contribution in [3.63, 3.8) is 0 Å². The molecule has 3 rings (SSSR count). The second-order valence-electron chi connectivity index (χ2n) is 6.50. The van der Waals surface area contributed by atoms with Gasteiger partial charge in [-0.15, -0.1) is 0 Å². The summed E-state index contributed by atoms with van der Waals surface area (Å²) in [6.07, 6.45) is 3.38. The predicted octanol–water partition coefficient (Wildman–Crippen LogP) is 3.71. The Balaban J connectivity index is 1.83. The Hall–Kier alpha value is -2.18. The third-order valence-electron chi connectivity index (χ3n) is 4.52. The summed E-state index contributed by atoms with van der Waals surface area (Å²) in [6.45, 7) is 0.0245. The van der Waals surface area contributed by atoms with Gasteiger partial charge in [0.25, 0.3) is 0 Å². The van der Waals surface area contributed by atoms with Crippen molar-refractivity contribution >= 4 is 33.4 Å². The number of amides is 1. The molecule has 1 fully saturated rings. The van der Waals surface area contributed by atoms with Crippen LogP contribution in [0.25, 0.3) is 6.08 Å². The van der Waals surface area contributed by atoms with Crippen LogP contribution >= 0.6 is 11.6 Å². The molecule has 0 aliphatic carbocycles. The highest BCUT2D eigenvalue weighted by molar-refractivity contribution is 7.91. The SMILES string of the molecule is O=C(/C=C/c1ccc(Cl)cc1)N(Cc1ccccc1F)C1CCS(=O)(=O)C1. The molecule has 27 heavy (non-hydrogen) atoms. The Morgan fingerprint density at radius 2 is 1.89 bits per heavy atom. The number of halogens is 2. The quantitative estimate of drug-likeness (QED) is 0.710. The van der Waals surface area contributed by atoms with Crippen LogP contribution in [-0.4, -0.2) is 36.8 Å². The maximum atomic E-state index is 14.1. The average Bonchev–Trinajstić information content (AvgIpc) is 3.00. The van der Waals surface area contributed by atoms with E-state index in [-0.39, 0.29) is 24.0 Å². The number of hydrogen-bond acceptors (Lipinski definition) is 3. The molecule has 7 heteroatoms. The first-order chi connectivity index (χ1) is 12.8. The van der Waals surface area contributed by atoms with Crippen LogP contribution in [-0.2, 0) is 21.2 Å². The lowest BCUT2D eigenvalue weighted by Crippen LogP contribution is -2.39. The van der Waals surface area contributed by atoms with E-state index in [9.17, 15) is 17.6 Å². The van der Waals surface area contributed by atoms with Gasteiger partial charge in [-0.3, -0.25) is 4.79 Å². The molecule has 0 aromatic heterocycles. The van der Waals surface area contributed by atoms with Gasteiger partial charge in [0, 0.05) is 29.2 Å². The molecule has 0 N–H and O–H groups in total. The topological polar surface area (TPSA) is 54.5 Å². The predicted molar refractivity (Wildman–Crippen MR) is 104 cm³/mol. The molecule has 1 saturated heterocycles. The van der Waals surface area contributed by atoms with E-state index in [0.717, 1.165) is 5.56 Å². The van der Waals surface area contributed by atoms with Gasteiger partial charge in [0.1, 0.15) is 5.82 Å². The summed E-state index contributed by atoms with van der Waals surface area (Å²) in [5.74, 6) is -0.824. The van der Waals surface area contributed by atoms with E-state index in [4.69, 9.17) is 11.6 Å². The molecular weight excluding hydrogens is 389 g/mol. The number of benzene rings is 2. The van der Waals surface area contributed by atoms with Crippen LogP contribution in [0.15, 0.2) is 54.6 Å². The third kappa shape index (κ3) is 5.17. The Labute approximate surface area is 163 Å². The van der Waals surface area contributed by atoms with Crippen molar-refractivity contribution in [2.24, 2.45) is 0 Å². The molecule has 0 saturated carbocycles. The lowest BCUT2D eigenvalue weighted by Gasteiger charge is -2.27. The van der Waals surface area contributed by atoms with Crippen LogP contribution < -0.4 is 0 Å². The van der Waals surface area contributed by atoms with Gasteiger partial charge >= 0.3 is 0 Å². The first-order valence-corrected chi connectivity index (χ1v) is 10.7. The Kier molecular flexibility index (Phi) is 5.97. The van der Waals surface area contributed by atoms with Gasteiger partial charge in [0.2, 0.25) is 5.91 Å². The van der Waals surface area contributed by atoms with Crippen LogP contribution in [0.1, 0.15) is 17.5 Å². The lowest BCUT2D eigenvalue weighted by molar-refractivity contribution is -0.128. The number of rotatable bonds is 5. The molecule has 1 heterocycles. The van der Waals surface area contributed by atoms with Gasteiger partial charge in [-0.1, -0.05) is 41.9 Å². The Bertz CT molecular complexity index is 957. The highest BCUT2D eigenvalue weighted by Gasteiger charge is 2.34. The standard InChI is InChI=1S/C20H19ClFNO3S/c21-17-8-5-15(6-9-17)7-10-20(24)23(18-11-12-27(25,26)14-18)13-16-3-1-2-4-19(16)22/h1-10,18H,11-14H2/b10-7+. The van der Waals surface area contributed by atoms with Gasteiger partial charge in [-0.25, -0.2) is 12.8 Å². The normalized spacial score (nSPS) is 18.7. The van der Waals surface area contributed by atoms with Crippen molar-refractivity contribution in [2.45, 2.75) is 19.0 Å². The molecule has 0 spiro atoms. The zero-order valence-corrected chi connectivity index (χ0v) is 16.1. The number of carbonyl (C=O) groups excluding carboxylic acids is 1. The van der Waals surface area contributed by atoms with Gasteiger partial charge in [-0.2, -0.15) is 0 Å². The number of hydrogen-bond donors (Lipinski definition) is 0. The van der Waals surface area contributed by atoms with E-state index in [1.807, 2.05) is 0 Å². The second-order valence-corrected chi connectivity index (χ2v) is 9.16. The smallest absolute Gasteiger partial charge is 0.247 e. The Morgan fingerprint density at radius 3 is 2.52 bits per heavy atom. The molecule has 142 valence electrons. The minimum Gasteiger partial charge on any atom is -0.331 e. The molecule has 0 radical (unpaired) electrons. The van der Waals surface area contributed by atoms with E-state index in [2.05, 4.69) is 0 Å². The van der Waals surface area contributed by atoms with E-state index in [1.165, 1.54) is 17.0 Å². The number of sulfone groups is 1. The minimum absolute atomic E-state index is 0.0245. The summed E-state index contributed by atoms with van der Waals surface area (Å²) in [6, 6.07) is 12.7. The summed E-state index contributed by atoms with van der Waals surface area (Å²) in [5.41, 5.74) is 1.15. The van der Waals surface area contributed by atoms with Crippen LogP contribution in [0.2, 0.25) is 5.02 Å². The average molecular weight is 408 g/mol. The van der Waals surface area contributed by atoms with Crippen molar-refractivity contribution in [3.8, 4) is 0 Å². The van der Waals surface area contributed by atoms with Crippen molar-refractivity contribution in [3.05, 3.63) is 76.6 Å². The second kappa shape index (κ2) is 8.23. The fourth-order valence-corrected chi connectivity index (χ4v) is 4.91. The highest BCUT2D eigenvalue weighted by atomic mass is 35.5. The summed E-state index contributed by atoms with van der Waals surface area (Å²) in [7, 11) is -3.17. The van der Waals surface area contributed by atoms with Crippen molar-refractivity contribution in [2.75, 3.05) is 11.5 Å². The molecule has 1 aliphatic rings. The molecule has 2 aromatic carbocycles. The maximum absolute atomic E-state index is 14.1. The summed E-state index contributed by atoms with van der Waals surface area (Å²) in [4.78, 5) is 14.2. The molecule has 0 bridgehead atoms. The first kappa shape index (κ1) is 19.6. The zero-order chi connectivity index (χ0) is 19.4. The summed E-state index contributed by atoms with van der Waals surface area (Å²) < 4.78 is 37.8. The largest absolute Gasteiger partial charge is 0.331 e. The van der Waals surface area contributed by atoms with Crippen LogP contribution in [0, 0.1) is 5.82 Å². The zero-order valence-electron chi connectivity index (χ0n) is 14.5. The fraction of sp³-hybridized carbons (Fsp3) is 0.250. The number of carbonyl (C=O) groups is 1. The van der Waals surface area contributed by atoms with Crippen molar-refractivity contribution < 1.29 is 17.6 Å². The minimum atomic E-state index is -3.17. The van der Waals surface area contributed by atoms with Gasteiger partial charge in [-0.05, 0) is 36.3 Å². The van der Waals surface area contributed by atoms with Crippen LogP contribution in [0.3, 0.4) is 0 Å². The molecule has 2 aromatic rings. The Morgan fingerprint density at radius 1 is 1.19 bits per heavy atom. The van der Waals surface area contributed by atoms with Crippen LogP contribution in [0.4, 0.5) is 4.39 Å². The molecule has 1 amide bonds. The van der Waals surface area contributed by atoms with Crippen LogP contribution in [0.5, 0.6) is 0 Å². The van der Waals surface area contributed by atoms with Gasteiger partial charge in [0.15, 0.2) is 9.84 Å². The first-order valence-electron chi connectivity index (χ1n) is 8.52. The molecule has 1 atom stereocenters. The molecule has 4 nitrogen and oxygen atoms in total. The molecule has 1 unspecified atom stereocenters. The van der Waals surface area contributed by atoms with Gasteiger partial charge < -0.3 is 4.90 Å². The highest BCUT2D eigenvalue weighted by Crippen LogP contribution is 2.22. The molecule has 1 aliphatic heterocycles. The summed E-state index contributed by atoms with van der Waals surface area (Å²) >= 11 is 5.85. The van der Waals surface area contributed by atoms with E-state index in [1.54, 1.807) is 48.5 Å². The monoisotopic (exact) mass is 407 g/mol. The molecular formula is C20H19ClFNO3S. The fourth-order valence-electron chi connectivity index (χ4n) is 3.06. The van der Waals surface area contributed by atoms with E-state index >= 15 is 0 Å². The summed E-state index contributed by atoms with van der Waals surface area (Å²) in [5, 5.41) is 0.593.